The molecular weight excluding hydrogens is 198 g/mol. The van der Waals surface area contributed by atoms with Crippen molar-refractivity contribution in [1.29, 1.82) is 0 Å². The molecule has 18 heavy (non-hydrogen) atoms. The molecule has 0 amide bonds. The molecule has 0 aromatic carbocycles. The molecule has 15 heteroatoms. The van der Waals surface area contributed by atoms with Crippen molar-refractivity contribution in [3.05, 3.63) is 0 Å². The summed E-state index contributed by atoms with van der Waals surface area (Å²) in [5.41, 5.74) is 0. The first-order valence-corrected chi connectivity index (χ1v) is 5.37. The largest absolute Gasteiger partial charge is 0.177 e. The molecule has 0 unspecified atom stereocenters. The highest BCUT2D eigenvalue weighted by Gasteiger charge is 2.39. The van der Waals surface area contributed by atoms with Gasteiger partial charge in [-0.15, -0.1) is 12.3 Å². The van der Waals surface area contributed by atoms with Gasteiger partial charge in [-0.3, -0.25) is 0 Å². The van der Waals surface area contributed by atoms with Crippen molar-refractivity contribution in [2.45, 2.75) is 6.92 Å². The van der Waals surface area contributed by atoms with Crippen molar-refractivity contribution in [3.8, 4) is 11.7 Å². The van der Waals surface area contributed by atoms with Gasteiger partial charge in [-0.2, -0.15) is 5.82 Å². The third-order valence-electron chi connectivity index (χ3n) is 2.70. The van der Waals surface area contributed by atoms with Crippen LogP contribution in [0.2, 0.25) is 0 Å². The van der Waals surface area contributed by atoms with Crippen LogP contribution in [0, 0.1) is 11.7 Å². The molecule has 0 saturated carbocycles. The Balaban J connectivity index is 5.41. The van der Waals surface area contributed by atoms with E-state index in [0.717, 1.165) is 0 Å². The Hall–Kier alpha value is 0.534. The van der Waals surface area contributed by atoms with E-state index in [2.05, 4.69) is 11.7 Å². The van der Waals surface area contributed by atoms with Crippen LogP contribution in [0.4, 0.5) is 0 Å². The Morgan fingerprint density at radius 1 is 0.778 bits per heavy atom. The molecule has 0 aromatic heterocycles. The van der Waals surface area contributed by atoms with Gasteiger partial charge in [0.25, 0.3) is 0 Å². The van der Waals surface area contributed by atoms with Gasteiger partial charge in [0.1, 0.15) is 6.49 Å². The molecular formula is C3H6B15-. The maximum Gasteiger partial charge on any atom is 0.130 e. The lowest BCUT2D eigenvalue weighted by Gasteiger charge is -2.36. The third-order valence-corrected chi connectivity index (χ3v) is 2.70. The fourth-order valence-electron chi connectivity index (χ4n) is 1.84. The van der Waals surface area contributed by atoms with Gasteiger partial charge in [0.15, 0.2) is 0 Å². The first-order valence-electron chi connectivity index (χ1n) is 5.37. The fourth-order valence-corrected chi connectivity index (χ4v) is 1.84. The zero-order chi connectivity index (χ0) is 14.5. The van der Waals surface area contributed by atoms with Gasteiger partial charge in [0.05, 0.1) is 0 Å². The lowest BCUT2D eigenvalue weighted by molar-refractivity contribution is 1.93. The Bertz CT molecular complexity index is 248. The summed E-state index contributed by atoms with van der Waals surface area (Å²) in [5.74, 6) is 5.88. The van der Waals surface area contributed by atoms with Crippen molar-refractivity contribution < 1.29 is 0 Å². The van der Waals surface area contributed by atoms with Gasteiger partial charge in [-0.05, 0) is 42.9 Å². The molecule has 0 aliphatic rings. The molecule has 0 aliphatic heterocycles. The quantitative estimate of drug-likeness (QED) is 0.298. The van der Waals surface area contributed by atoms with E-state index in [1.54, 1.807) is 6.92 Å². The molecule has 0 N–H and O–H groups in total. The minimum atomic E-state index is -0.684. The molecule has 0 heterocycles. The molecule has 0 spiro atoms. The average Bonchev–Trinajstić information content (AvgIpc) is 2.14. The van der Waals surface area contributed by atoms with Gasteiger partial charge in [0.2, 0.25) is 0 Å². The van der Waals surface area contributed by atoms with Crippen molar-refractivity contribution >= 4 is 107 Å². The van der Waals surface area contributed by atoms with Crippen molar-refractivity contribution in [2.75, 3.05) is 0 Å². The zero-order valence-electron chi connectivity index (χ0n) is 10.1. The molecule has 0 bridgehead atoms. The summed E-state index contributed by atoms with van der Waals surface area (Å²) in [6.45, 7) is 1.45. The number of hydrogen-bond donors (Lipinski definition) is 0. The Morgan fingerprint density at radius 2 is 1.17 bits per heavy atom. The van der Waals surface area contributed by atoms with Gasteiger partial charge < -0.3 is 0 Å². The SMILES string of the molecule is [B]B([B])B(B([B])[B])B(C#CC)B(B([B])[B])B([B])[BH3-]. The Kier molecular flexibility index (Phi) is 8.91. The van der Waals surface area contributed by atoms with Crippen LogP contribution in [-0.2, 0) is 0 Å². The zero-order valence-corrected chi connectivity index (χ0v) is 10.1. The molecule has 0 atom stereocenters. The molecule has 0 aliphatic carbocycles. The molecule has 0 saturated heterocycles. The molecule has 0 nitrogen and oxygen atoms in total. The monoisotopic (exact) mass is 207 g/mol. The van der Waals surface area contributed by atoms with Crippen molar-refractivity contribution in [2.24, 2.45) is 0 Å². The summed E-state index contributed by atoms with van der Waals surface area (Å²) in [4.78, 5) is 0. The molecule has 14 radical (unpaired) electrons. The van der Waals surface area contributed by atoms with Crippen LogP contribution >= 0.6 is 0 Å². The number of rotatable bonds is 6. The van der Waals surface area contributed by atoms with Crippen LogP contribution in [-0.4, -0.2) is 107 Å². The predicted octanol–water partition coefficient (Wildman–Crippen LogP) is -6.00. The maximum absolute atomic E-state index is 6.03. The van der Waals surface area contributed by atoms with Crippen LogP contribution in [0.5, 0.6) is 0 Å². The minimum absolute atomic E-state index is 0.0177. The van der Waals surface area contributed by atoms with E-state index in [-0.39, 0.29) is 33.4 Å². The summed E-state index contributed by atoms with van der Waals surface area (Å²) >= 11 is 0. The fraction of sp³-hybridized carbons (Fsp3) is 0.333. The van der Waals surface area contributed by atoms with Crippen LogP contribution in [0.15, 0.2) is 0 Å². The summed E-state index contributed by atoms with van der Waals surface area (Å²) in [7, 11) is 40.5. The normalized spacial score (nSPS) is 8.56. The highest BCUT2D eigenvalue weighted by molar-refractivity contribution is 8.09. The van der Waals surface area contributed by atoms with Crippen LogP contribution < -0.4 is 0 Å². The van der Waals surface area contributed by atoms with Gasteiger partial charge >= 0.3 is 0 Å². The van der Waals surface area contributed by atoms with Crippen LogP contribution in [0.25, 0.3) is 0 Å². The lowest BCUT2D eigenvalue weighted by Crippen LogP contribution is -2.73. The molecule has 64 valence electrons. The van der Waals surface area contributed by atoms with Gasteiger partial charge in [-0.25, -0.2) is 0 Å². The van der Waals surface area contributed by atoms with E-state index >= 15 is 0 Å². The lowest BCUT2D eigenvalue weighted by atomic mass is 8.48. The minimum Gasteiger partial charge on any atom is -0.177 e. The summed E-state index contributed by atoms with van der Waals surface area (Å²) in [6.07, 6.45) is -2.53. The second-order valence-corrected chi connectivity index (χ2v) is 4.00. The van der Waals surface area contributed by atoms with Crippen molar-refractivity contribution in [1.82, 2.24) is 0 Å². The maximum atomic E-state index is 6.03. The smallest absolute Gasteiger partial charge is 0.130 e. The molecule has 0 rings (SSSR count). The average molecular weight is 204 g/mol. The Morgan fingerprint density at radius 3 is 1.39 bits per heavy atom. The summed E-state index contributed by atoms with van der Waals surface area (Å²) in [5, 5.41) is 0. The van der Waals surface area contributed by atoms with E-state index in [1.807, 2.05) is 0 Å². The van der Waals surface area contributed by atoms with Crippen molar-refractivity contribution in [3.63, 3.8) is 0 Å². The van der Waals surface area contributed by atoms with E-state index in [1.165, 1.54) is 0 Å². The standard InChI is InChI=1S/C3H6B15/c1-2-3-12(17(13(4)5)14(6)7)18(15(8)9)16(10)11/h1,4H3/q-1. The van der Waals surface area contributed by atoms with E-state index in [0.29, 0.717) is 0 Å². The van der Waals surface area contributed by atoms with Crippen LogP contribution in [0.3, 0.4) is 0 Å². The second-order valence-electron chi connectivity index (χ2n) is 4.00. The van der Waals surface area contributed by atoms with E-state index in [4.69, 9.17) is 54.2 Å². The molecule has 0 fully saturated rings. The summed E-state index contributed by atoms with van der Waals surface area (Å²) in [6, 6.07) is 0. The van der Waals surface area contributed by atoms with E-state index < -0.39 is 19.2 Å². The highest BCUT2D eigenvalue weighted by Crippen LogP contribution is 2.02. The number of hydrogen-bond acceptors (Lipinski definition) is 0. The Labute approximate surface area is 125 Å². The van der Waals surface area contributed by atoms with Gasteiger partial charge in [-0.1, -0.05) is 7.74 Å². The third kappa shape index (κ3) is 5.26. The second kappa shape index (κ2) is 8.65. The van der Waals surface area contributed by atoms with Gasteiger partial charge in [0, 0.05) is 50.1 Å². The topological polar surface area (TPSA) is 0 Å². The highest BCUT2D eigenvalue weighted by atomic mass is 13.4. The predicted molar refractivity (Wildman–Crippen MR) is 104 cm³/mol. The van der Waals surface area contributed by atoms with Crippen LogP contribution in [0.1, 0.15) is 6.92 Å². The first kappa shape index (κ1) is 18.5. The molecule has 0 aromatic rings. The first-order chi connectivity index (χ1) is 8.23. The summed E-state index contributed by atoms with van der Waals surface area (Å²) < 4.78 is 0. The van der Waals surface area contributed by atoms with E-state index in [9.17, 15) is 0 Å².